The summed E-state index contributed by atoms with van der Waals surface area (Å²) >= 11 is 0. The van der Waals surface area contributed by atoms with E-state index in [1.165, 1.54) is 6.21 Å². The van der Waals surface area contributed by atoms with Crippen LogP contribution >= 0.6 is 7.79 Å². The lowest BCUT2D eigenvalue weighted by Gasteiger charge is -2.47. The predicted molar refractivity (Wildman–Crippen MR) is 121 cm³/mol. The maximum absolute atomic E-state index is 12.5. The highest BCUT2D eigenvalue weighted by Gasteiger charge is 2.50. The van der Waals surface area contributed by atoms with Crippen molar-refractivity contribution in [1.82, 2.24) is 0 Å². The molecule has 1 aliphatic rings. The van der Waals surface area contributed by atoms with Crippen molar-refractivity contribution in [3.8, 4) is 0 Å². The molecule has 0 aromatic heterocycles. The SMILES string of the molecule is ON=CCC(c1ccccc1)[P]1(O)N(c2ccccc2)CCN1c1ccccc1. The number of para-hydroxylation sites is 2. The zero-order valence-electron chi connectivity index (χ0n) is 16.1. The van der Waals surface area contributed by atoms with Crippen LogP contribution in [-0.4, -0.2) is 29.4 Å². The average molecular weight is 406 g/mol. The molecule has 3 aromatic rings. The second-order valence-corrected chi connectivity index (χ2v) is 9.81. The lowest BCUT2D eigenvalue weighted by atomic mass is 10.1. The molecule has 3 aromatic carbocycles. The lowest BCUT2D eigenvalue weighted by molar-refractivity contribution is 0.320. The van der Waals surface area contributed by atoms with Crippen LogP contribution in [-0.2, 0) is 0 Å². The van der Waals surface area contributed by atoms with Crippen LogP contribution in [0.1, 0.15) is 17.6 Å². The van der Waals surface area contributed by atoms with Gasteiger partial charge >= 0.3 is 0 Å². The van der Waals surface area contributed by atoms with Crippen molar-refractivity contribution in [1.29, 1.82) is 0 Å². The summed E-state index contributed by atoms with van der Waals surface area (Å²) in [5.41, 5.74) is 2.82. The Kier molecular flexibility index (Phi) is 5.79. The number of hydrogen-bond donors (Lipinski definition) is 2. The van der Waals surface area contributed by atoms with E-state index in [1.54, 1.807) is 0 Å². The average Bonchev–Trinajstić information content (AvgIpc) is 3.13. The normalized spacial score (nSPS) is 17.0. The number of oxime groups is 1. The highest BCUT2D eigenvalue weighted by Crippen LogP contribution is 2.75. The molecule has 1 radical (unpaired) electrons. The summed E-state index contributed by atoms with van der Waals surface area (Å²) < 4.78 is 4.31. The molecule has 6 heteroatoms. The lowest BCUT2D eigenvalue weighted by Crippen LogP contribution is -2.29. The Hall–Kier alpha value is -2.88. The minimum absolute atomic E-state index is 0.220. The smallest absolute Gasteiger partial charge is 0.169 e. The topological polar surface area (TPSA) is 59.3 Å². The van der Waals surface area contributed by atoms with E-state index in [4.69, 9.17) is 5.21 Å². The predicted octanol–water partition coefficient (Wildman–Crippen LogP) is 5.36. The van der Waals surface area contributed by atoms with Crippen LogP contribution in [0, 0.1) is 0 Å². The van der Waals surface area contributed by atoms with Crippen LogP contribution < -0.4 is 9.34 Å². The number of benzene rings is 3. The van der Waals surface area contributed by atoms with Gasteiger partial charge in [-0.1, -0.05) is 66.7 Å². The number of hydrogen-bond acceptors (Lipinski definition) is 5. The van der Waals surface area contributed by atoms with Crippen molar-refractivity contribution >= 4 is 25.4 Å². The summed E-state index contributed by atoms with van der Waals surface area (Å²) in [6.45, 7) is 1.45. The van der Waals surface area contributed by atoms with E-state index in [9.17, 15) is 4.89 Å². The first kappa shape index (κ1) is 19.4. The van der Waals surface area contributed by atoms with Gasteiger partial charge < -0.3 is 19.4 Å². The molecule has 0 amide bonds. The Morgan fingerprint density at radius 2 is 1.24 bits per heavy atom. The molecule has 5 nitrogen and oxygen atoms in total. The molecule has 0 saturated carbocycles. The summed E-state index contributed by atoms with van der Waals surface area (Å²) in [6.07, 6.45) is 1.93. The summed E-state index contributed by atoms with van der Waals surface area (Å²) in [5.74, 6) is 0. The van der Waals surface area contributed by atoms with Crippen LogP contribution in [0.15, 0.2) is 96.2 Å². The van der Waals surface area contributed by atoms with E-state index in [0.717, 1.165) is 30.0 Å². The van der Waals surface area contributed by atoms with Gasteiger partial charge in [0.15, 0.2) is 7.79 Å². The summed E-state index contributed by atoms with van der Waals surface area (Å²) in [7, 11) is -2.88. The molecule has 0 bridgehead atoms. The minimum atomic E-state index is -2.88. The highest BCUT2D eigenvalue weighted by molar-refractivity contribution is 7.74. The van der Waals surface area contributed by atoms with Crippen molar-refractivity contribution in [2.75, 3.05) is 22.4 Å². The maximum Gasteiger partial charge on any atom is 0.169 e. The Bertz CT molecular complexity index is 891. The third kappa shape index (κ3) is 3.71. The number of nitrogens with zero attached hydrogens (tertiary/aromatic N) is 3. The van der Waals surface area contributed by atoms with Crippen LogP contribution in [0.25, 0.3) is 0 Å². The van der Waals surface area contributed by atoms with Crippen molar-refractivity contribution in [2.24, 2.45) is 5.16 Å². The van der Waals surface area contributed by atoms with Crippen molar-refractivity contribution in [3.05, 3.63) is 96.6 Å². The van der Waals surface area contributed by atoms with Gasteiger partial charge in [0.1, 0.15) is 0 Å². The molecular weight excluding hydrogens is 381 g/mol. The first-order valence-electron chi connectivity index (χ1n) is 9.73. The molecule has 1 fully saturated rings. The molecule has 1 unspecified atom stereocenters. The Labute approximate surface area is 172 Å². The van der Waals surface area contributed by atoms with Crippen molar-refractivity contribution in [2.45, 2.75) is 12.1 Å². The van der Waals surface area contributed by atoms with Gasteiger partial charge in [-0.3, -0.25) is 0 Å². The van der Waals surface area contributed by atoms with Crippen molar-refractivity contribution in [3.63, 3.8) is 0 Å². The standard InChI is InChI=1S/C23H25N3O2P/c27-24-17-16-23(20-10-4-1-5-11-20)29(28)25(21-12-6-2-7-13-21)18-19-26(29)22-14-8-3-9-15-22/h1-15,17,23,27-28H,16,18-19H2. The fourth-order valence-corrected chi connectivity index (χ4v) is 7.65. The van der Waals surface area contributed by atoms with Gasteiger partial charge in [-0.15, -0.1) is 5.16 Å². The van der Waals surface area contributed by atoms with E-state index in [0.29, 0.717) is 6.42 Å². The highest BCUT2D eigenvalue weighted by atomic mass is 31.2. The maximum atomic E-state index is 12.5. The molecule has 0 spiro atoms. The van der Waals surface area contributed by atoms with E-state index < -0.39 is 7.79 Å². The minimum Gasteiger partial charge on any atom is -0.411 e. The van der Waals surface area contributed by atoms with Crippen LogP contribution in [0.2, 0.25) is 0 Å². The summed E-state index contributed by atoms with van der Waals surface area (Å²) in [5, 5.41) is 12.4. The molecule has 1 heterocycles. The molecular formula is C23H25N3O2P. The van der Waals surface area contributed by atoms with Crippen molar-refractivity contribution < 1.29 is 10.1 Å². The summed E-state index contributed by atoms with van der Waals surface area (Å²) in [4.78, 5) is 12.5. The molecule has 149 valence electrons. The molecule has 1 atom stereocenters. The molecule has 1 aliphatic heterocycles. The van der Waals surface area contributed by atoms with Gasteiger partial charge in [-0.2, -0.15) is 0 Å². The van der Waals surface area contributed by atoms with Crippen LogP contribution in [0.5, 0.6) is 0 Å². The first-order valence-corrected chi connectivity index (χ1v) is 11.4. The quantitative estimate of drug-likeness (QED) is 0.250. The molecule has 2 N–H and O–H groups in total. The second kappa shape index (κ2) is 8.64. The van der Waals surface area contributed by atoms with E-state index in [-0.39, 0.29) is 5.66 Å². The van der Waals surface area contributed by atoms with Crippen LogP contribution in [0.3, 0.4) is 0 Å². The van der Waals surface area contributed by atoms with E-state index in [1.807, 2.05) is 91.0 Å². The van der Waals surface area contributed by atoms with Gasteiger partial charge in [0, 0.05) is 37.1 Å². The summed E-state index contributed by atoms with van der Waals surface area (Å²) in [6, 6.07) is 30.2. The number of anilines is 2. The fraction of sp³-hybridized carbons (Fsp3) is 0.174. The zero-order valence-corrected chi connectivity index (χ0v) is 17.0. The Balaban J connectivity index is 1.86. The van der Waals surface area contributed by atoms with Gasteiger partial charge in [-0.25, -0.2) is 0 Å². The van der Waals surface area contributed by atoms with E-state index in [2.05, 4.69) is 14.5 Å². The first-order chi connectivity index (χ1) is 14.2. The molecule has 0 aliphatic carbocycles. The third-order valence-corrected chi connectivity index (χ3v) is 8.98. The second-order valence-electron chi connectivity index (χ2n) is 6.99. The molecule has 4 rings (SSSR count). The Morgan fingerprint density at radius 1 is 0.793 bits per heavy atom. The van der Waals surface area contributed by atoms with Gasteiger partial charge in [-0.05, 0) is 29.8 Å². The molecule has 1 saturated heterocycles. The zero-order chi connectivity index (χ0) is 20.1. The fourth-order valence-electron chi connectivity index (χ4n) is 4.05. The molecule has 29 heavy (non-hydrogen) atoms. The largest absolute Gasteiger partial charge is 0.411 e. The number of rotatable bonds is 6. The monoisotopic (exact) mass is 406 g/mol. The van der Waals surface area contributed by atoms with Crippen LogP contribution in [0.4, 0.5) is 11.4 Å². The third-order valence-electron chi connectivity index (χ3n) is 5.36. The van der Waals surface area contributed by atoms with Gasteiger partial charge in [0.2, 0.25) is 0 Å². The van der Waals surface area contributed by atoms with Gasteiger partial charge in [0.25, 0.3) is 0 Å². The Morgan fingerprint density at radius 3 is 1.69 bits per heavy atom. The van der Waals surface area contributed by atoms with E-state index >= 15 is 0 Å². The van der Waals surface area contributed by atoms with Gasteiger partial charge in [0.05, 0.1) is 5.66 Å².